The van der Waals surface area contributed by atoms with Gasteiger partial charge in [0.25, 0.3) is 0 Å². The highest BCUT2D eigenvalue weighted by atomic mass is 32.1. The zero-order valence-electron chi connectivity index (χ0n) is 13.4. The number of hydrogen-bond donors (Lipinski definition) is 2. The first-order valence-corrected chi connectivity index (χ1v) is 8.74. The highest BCUT2D eigenvalue weighted by molar-refractivity contribution is 7.81. The predicted octanol–water partition coefficient (Wildman–Crippen LogP) is 3.64. The van der Waals surface area contributed by atoms with Crippen LogP contribution in [0.4, 0.5) is 17.3 Å². The molecule has 23 heavy (non-hydrogen) atoms. The van der Waals surface area contributed by atoms with Crippen molar-refractivity contribution < 1.29 is 4.92 Å². The summed E-state index contributed by atoms with van der Waals surface area (Å²) < 4.78 is 1.68. The average molecular weight is 337 g/mol. The number of nitrogens with one attached hydrogen (secondary N) is 1. The zero-order valence-corrected chi connectivity index (χ0v) is 14.3. The average Bonchev–Trinajstić information content (AvgIpc) is 3.18. The van der Waals surface area contributed by atoms with Crippen LogP contribution >= 0.6 is 12.8 Å². The lowest BCUT2D eigenvalue weighted by atomic mass is 10.2. The first-order chi connectivity index (χ1) is 11.1. The van der Waals surface area contributed by atoms with Crippen LogP contribution in [0.1, 0.15) is 57.2 Å². The van der Waals surface area contributed by atoms with Gasteiger partial charge in [-0.25, -0.2) is 9.97 Å². The number of nitro groups is 1. The van der Waals surface area contributed by atoms with Crippen molar-refractivity contribution in [2.45, 2.75) is 70.4 Å². The summed E-state index contributed by atoms with van der Waals surface area (Å²) in [6.45, 7) is 1.77. The fourth-order valence-corrected chi connectivity index (χ4v) is 3.94. The number of thiol groups is 1. The van der Waals surface area contributed by atoms with E-state index in [0.29, 0.717) is 17.5 Å². The quantitative estimate of drug-likeness (QED) is 0.485. The molecular formula is C15H23N5O2S. The van der Waals surface area contributed by atoms with E-state index in [4.69, 9.17) is 0 Å². The summed E-state index contributed by atoms with van der Waals surface area (Å²) in [4.78, 5) is 19.9. The van der Waals surface area contributed by atoms with Crippen molar-refractivity contribution in [3.63, 3.8) is 0 Å². The maximum Gasteiger partial charge on any atom is 0.354 e. The third kappa shape index (κ3) is 3.52. The van der Waals surface area contributed by atoms with Crippen molar-refractivity contribution in [3.05, 3.63) is 15.9 Å². The van der Waals surface area contributed by atoms with Gasteiger partial charge in [-0.05, 0) is 32.6 Å². The smallest absolute Gasteiger partial charge is 0.354 e. The van der Waals surface area contributed by atoms with Crippen molar-refractivity contribution in [1.82, 2.24) is 9.97 Å². The molecule has 0 unspecified atom stereocenters. The fraction of sp³-hybridized carbons (Fsp3) is 0.733. The second-order valence-electron chi connectivity index (χ2n) is 6.46. The molecule has 0 aromatic carbocycles. The molecule has 0 spiro atoms. The predicted molar refractivity (Wildman–Crippen MR) is 93.0 cm³/mol. The third-order valence-corrected chi connectivity index (χ3v) is 5.26. The summed E-state index contributed by atoms with van der Waals surface area (Å²) in [7, 11) is 0. The van der Waals surface area contributed by atoms with Crippen molar-refractivity contribution in [2.24, 2.45) is 0 Å². The van der Waals surface area contributed by atoms with E-state index in [0.717, 1.165) is 51.4 Å². The van der Waals surface area contributed by atoms with Crippen LogP contribution in [0.25, 0.3) is 0 Å². The van der Waals surface area contributed by atoms with Crippen LogP contribution in [0.15, 0.2) is 0 Å². The maximum absolute atomic E-state index is 11.7. The number of aryl methyl sites for hydroxylation is 1. The van der Waals surface area contributed by atoms with Gasteiger partial charge in [0.1, 0.15) is 5.82 Å². The van der Waals surface area contributed by atoms with Gasteiger partial charge >= 0.3 is 5.69 Å². The van der Waals surface area contributed by atoms with Crippen LogP contribution in [0, 0.1) is 17.0 Å². The van der Waals surface area contributed by atoms with Gasteiger partial charge in [0.05, 0.1) is 4.92 Å². The maximum atomic E-state index is 11.7. The molecule has 2 fully saturated rings. The van der Waals surface area contributed by atoms with Crippen molar-refractivity contribution >= 4 is 30.1 Å². The standard InChI is InChI=1S/C15H23N5O2S/c1-10-16-14(18-11-6-2-3-7-11)13(20(21)22)15(17-10)19(23)12-8-4-5-9-12/h11-12,23H,2-9H2,1H3,(H,16,17,18). The van der Waals surface area contributed by atoms with Crippen molar-refractivity contribution in [1.29, 1.82) is 0 Å². The molecule has 8 heteroatoms. The Morgan fingerprint density at radius 2 is 1.78 bits per heavy atom. The topological polar surface area (TPSA) is 84.2 Å². The highest BCUT2D eigenvalue weighted by Gasteiger charge is 2.32. The van der Waals surface area contributed by atoms with Crippen LogP contribution < -0.4 is 9.62 Å². The molecule has 0 amide bonds. The molecule has 3 rings (SSSR count). The number of aromatic nitrogens is 2. The Bertz CT molecular complexity index is 585. The summed E-state index contributed by atoms with van der Waals surface area (Å²) >= 11 is 4.53. The van der Waals surface area contributed by atoms with E-state index in [9.17, 15) is 10.1 Å². The molecule has 0 aliphatic heterocycles. The molecule has 0 bridgehead atoms. The summed E-state index contributed by atoms with van der Waals surface area (Å²) in [5.74, 6) is 1.18. The Hall–Kier alpha value is -1.57. The van der Waals surface area contributed by atoms with Gasteiger partial charge in [-0.15, -0.1) is 0 Å². The summed E-state index contributed by atoms with van der Waals surface area (Å²) in [5, 5.41) is 14.9. The second kappa shape index (κ2) is 6.90. The first kappa shape index (κ1) is 16.3. The van der Waals surface area contributed by atoms with Crippen LogP contribution in [0.3, 0.4) is 0 Å². The molecule has 1 heterocycles. The van der Waals surface area contributed by atoms with Gasteiger partial charge in [-0.3, -0.25) is 14.4 Å². The van der Waals surface area contributed by atoms with E-state index >= 15 is 0 Å². The second-order valence-corrected chi connectivity index (χ2v) is 6.89. The molecule has 2 saturated carbocycles. The molecule has 2 aliphatic carbocycles. The number of hydrogen-bond acceptors (Lipinski definition) is 7. The van der Waals surface area contributed by atoms with E-state index in [1.807, 2.05) is 0 Å². The lowest BCUT2D eigenvalue weighted by molar-refractivity contribution is -0.383. The summed E-state index contributed by atoms with van der Waals surface area (Å²) in [6, 6.07) is 0.460. The van der Waals surface area contributed by atoms with Crippen LogP contribution in [-0.2, 0) is 0 Å². The third-order valence-electron chi connectivity index (χ3n) is 4.74. The van der Waals surface area contributed by atoms with E-state index < -0.39 is 0 Å². The lowest BCUT2D eigenvalue weighted by Crippen LogP contribution is -2.27. The van der Waals surface area contributed by atoms with E-state index in [2.05, 4.69) is 28.1 Å². The molecular weight excluding hydrogens is 314 g/mol. The van der Waals surface area contributed by atoms with E-state index in [1.54, 1.807) is 11.2 Å². The molecule has 1 aromatic rings. The normalized spacial score (nSPS) is 19.2. The largest absolute Gasteiger partial charge is 0.361 e. The number of nitrogens with zero attached hydrogens (tertiary/aromatic N) is 4. The van der Waals surface area contributed by atoms with E-state index in [1.165, 1.54) is 0 Å². The van der Waals surface area contributed by atoms with Crippen LogP contribution in [-0.4, -0.2) is 27.0 Å². The molecule has 126 valence electrons. The number of rotatable bonds is 5. The highest BCUT2D eigenvalue weighted by Crippen LogP contribution is 2.38. The molecule has 7 nitrogen and oxygen atoms in total. The summed E-state index contributed by atoms with van der Waals surface area (Å²) in [5.41, 5.74) is -0.0515. The SMILES string of the molecule is Cc1nc(NC2CCCC2)c([N+](=O)[O-])c(N(S)C2CCCC2)n1. The van der Waals surface area contributed by atoms with Gasteiger partial charge < -0.3 is 5.32 Å². The van der Waals surface area contributed by atoms with Gasteiger partial charge in [-0.1, -0.05) is 38.5 Å². The van der Waals surface area contributed by atoms with Gasteiger partial charge in [0.2, 0.25) is 11.6 Å². The minimum Gasteiger partial charge on any atom is -0.361 e. The Morgan fingerprint density at radius 1 is 1.17 bits per heavy atom. The lowest BCUT2D eigenvalue weighted by Gasteiger charge is -2.24. The molecule has 2 aliphatic rings. The van der Waals surface area contributed by atoms with Gasteiger partial charge in [0, 0.05) is 12.1 Å². The molecule has 1 aromatic heterocycles. The van der Waals surface area contributed by atoms with Crippen LogP contribution in [0.2, 0.25) is 0 Å². The van der Waals surface area contributed by atoms with Crippen molar-refractivity contribution in [2.75, 3.05) is 9.62 Å². The van der Waals surface area contributed by atoms with Gasteiger partial charge in [0.15, 0.2) is 0 Å². The molecule has 1 N–H and O–H groups in total. The first-order valence-electron chi connectivity index (χ1n) is 8.34. The molecule has 0 saturated heterocycles. The Morgan fingerprint density at radius 3 is 2.39 bits per heavy atom. The molecule has 0 radical (unpaired) electrons. The van der Waals surface area contributed by atoms with E-state index in [-0.39, 0.29) is 22.7 Å². The zero-order chi connectivity index (χ0) is 16.4. The van der Waals surface area contributed by atoms with Gasteiger partial charge in [-0.2, -0.15) is 0 Å². The minimum atomic E-state index is -0.385. The monoisotopic (exact) mass is 337 g/mol. The van der Waals surface area contributed by atoms with Crippen LogP contribution in [0.5, 0.6) is 0 Å². The summed E-state index contributed by atoms with van der Waals surface area (Å²) in [6.07, 6.45) is 8.63. The van der Waals surface area contributed by atoms with Crippen molar-refractivity contribution in [3.8, 4) is 0 Å². The number of anilines is 2. The minimum absolute atomic E-state index is 0.0515. The Kier molecular flexibility index (Phi) is 4.89. The molecule has 0 atom stereocenters. The Labute approximate surface area is 141 Å². The fourth-order valence-electron chi connectivity index (χ4n) is 3.57. The Balaban J connectivity index is 1.96.